The van der Waals surface area contributed by atoms with E-state index in [-0.39, 0.29) is 0 Å². The summed E-state index contributed by atoms with van der Waals surface area (Å²) in [5.41, 5.74) is 1.85. The maximum Gasteiger partial charge on any atom is 0.159 e. The average Bonchev–Trinajstić information content (AvgIpc) is 2.77. The first-order chi connectivity index (χ1) is 14.2. The Bertz CT molecular complexity index is 1050. The van der Waals surface area contributed by atoms with Crippen molar-refractivity contribution in [1.82, 2.24) is 10.2 Å². The highest BCUT2D eigenvalue weighted by molar-refractivity contribution is 6.32. The van der Waals surface area contributed by atoms with Gasteiger partial charge in [-0.2, -0.15) is 0 Å². The van der Waals surface area contributed by atoms with E-state index in [9.17, 15) is 0 Å². The summed E-state index contributed by atoms with van der Waals surface area (Å²) in [6.07, 6.45) is 1.45. The van der Waals surface area contributed by atoms with E-state index in [2.05, 4.69) is 31.6 Å². The van der Waals surface area contributed by atoms with Crippen LogP contribution in [-0.4, -0.2) is 41.3 Å². The summed E-state index contributed by atoms with van der Waals surface area (Å²) < 4.78 is 5.20. The van der Waals surface area contributed by atoms with Gasteiger partial charge < -0.3 is 20.2 Å². The lowest BCUT2D eigenvalue weighted by atomic mass is 10.1. The van der Waals surface area contributed by atoms with E-state index in [4.69, 9.17) is 21.5 Å². The molecule has 0 saturated carbocycles. The lowest BCUT2D eigenvalue weighted by molar-refractivity contribution is 0.315. The van der Waals surface area contributed by atoms with Crippen LogP contribution < -0.4 is 15.0 Å². The largest absolute Gasteiger partial charge is 0.495 e. The van der Waals surface area contributed by atoms with Gasteiger partial charge in [0.05, 0.1) is 17.8 Å². The molecule has 2 heterocycles. The molecular weight excluding hydrogens is 390 g/mol. The zero-order valence-corrected chi connectivity index (χ0v) is 16.9. The highest BCUT2D eigenvalue weighted by Gasteiger charge is 2.20. The van der Waals surface area contributed by atoms with Gasteiger partial charge in [-0.25, -0.2) is 0 Å². The average molecular weight is 412 g/mol. The highest BCUT2D eigenvalue weighted by Crippen LogP contribution is 2.30. The maximum atomic E-state index is 8.97. The molecule has 2 N–H and O–H groups in total. The number of anilines is 2. The molecule has 3 aromatic rings. The molecule has 0 amide bonds. The number of halogens is 1. The number of benzene rings is 2. The topological polar surface area (TPSA) is 82.9 Å². The van der Waals surface area contributed by atoms with Crippen molar-refractivity contribution in [1.29, 1.82) is 0 Å². The van der Waals surface area contributed by atoms with E-state index in [0.29, 0.717) is 17.3 Å². The Morgan fingerprint density at radius 1 is 1.14 bits per heavy atom. The molecule has 8 heteroatoms. The van der Waals surface area contributed by atoms with Crippen LogP contribution in [0.25, 0.3) is 10.8 Å². The minimum Gasteiger partial charge on any atom is -0.495 e. The Morgan fingerprint density at radius 2 is 1.90 bits per heavy atom. The van der Waals surface area contributed by atoms with Gasteiger partial charge in [0.1, 0.15) is 5.75 Å². The van der Waals surface area contributed by atoms with Gasteiger partial charge in [0.15, 0.2) is 11.6 Å². The molecule has 1 aliphatic rings. The smallest absolute Gasteiger partial charge is 0.159 e. The van der Waals surface area contributed by atoms with Crippen LogP contribution in [-0.2, 0) is 6.54 Å². The van der Waals surface area contributed by atoms with Gasteiger partial charge >= 0.3 is 0 Å². The van der Waals surface area contributed by atoms with Gasteiger partial charge in [-0.1, -0.05) is 47.1 Å². The third kappa shape index (κ3) is 4.05. The lowest BCUT2D eigenvalue weighted by Gasteiger charge is -2.28. The monoisotopic (exact) mass is 411 g/mol. The standard InChI is InChI=1S/C21H22ClN5O2/c1-29-19-7-6-14(12-18(19)22)13-23-20-16-4-2-3-5-17(16)21(25-24-20)27-10-8-15(26-28)9-11-27/h2-7,12,28H,8-11,13H2,1H3,(H,23,24). The van der Waals surface area contributed by atoms with E-state index >= 15 is 0 Å². The van der Waals surface area contributed by atoms with E-state index in [0.717, 1.165) is 59.6 Å². The normalized spacial score (nSPS) is 14.1. The van der Waals surface area contributed by atoms with Gasteiger partial charge in [0.2, 0.25) is 0 Å². The quantitative estimate of drug-likeness (QED) is 0.480. The van der Waals surface area contributed by atoms with E-state index < -0.39 is 0 Å². The number of methoxy groups -OCH3 is 1. The molecule has 0 unspecified atom stereocenters. The van der Waals surface area contributed by atoms with E-state index in [1.54, 1.807) is 7.11 Å². The van der Waals surface area contributed by atoms with Crippen molar-refractivity contribution in [3.63, 3.8) is 0 Å². The number of piperidine rings is 1. The van der Waals surface area contributed by atoms with Crippen LogP contribution in [0.15, 0.2) is 47.6 Å². The minimum absolute atomic E-state index is 0.571. The summed E-state index contributed by atoms with van der Waals surface area (Å²) in [7, 11) is 1.60. The molecule has 1 aliphatic heterocycles. The lowest BCUT2D eigenvalue weighted by Crippen LogP contribution is -2.34. The van der Waals surface area contributed by atoms with Gasteiger partial charge in [-0.05, 0) is 17.7 Å². The summed E-state index contributed by atoms with van der Waals surface area (Å²) in [5, 5.41) is 27.3. The molecule has 2 aromatic carbocycles. The first-order valence-corrected chi connectivity index (χ1v) is 9.84. The molecule has 0 bridgehead atoms. The summed E-state index contributed by atoms with van der Waals surface area (Å²) in [6.45, 7) is 2.09. The van der Waals surface area contributed by atoms with Crippen molar-refractivity contribution in [2.45, 2.75) is 19.4 Å². The highest BCUT2D eigenvalue weighted by atomic mass is 35.5. The summed E-state index contributed by atoms with van der Waals surface area (Å²) in [4.78, 5) is 2.19. The number of aromatic nitrogens is 2. The molecule has 1 fully saturated rings. The van der Waals surface area contributed by atoms with Crippen LogP contribution in [0.5, 0.6) is 5.75 Å². The number of hydrogen-bond donors (Lipinski definition) is 2. The fourth-order valence-electron chi connectivity index (χ4n) is 3.54. The fraction of sp³-hybridized carbons (Fsp3) is 0.286. The number of ether oxygens (including phenoxy) is 1. The van der Waals surface area contributed by atoms with E-state index in [1.165, 1.54) is 0 Å². The molecule has 0 atom stereocenters. The fourth-order valence-corrected chi connectivity index (χ4v) is 3.82. The molecule has 7 nitrogen and oxygen atoms in total. The number of oxime groups is 1. The molecule has 150 valence electrons. The Balaban J connectivity index is 1.58. The third-order valence-electron chi connectivity index (χ3n) is 5.13. The van der Waals surface area contributed by atoms with Crippen LogP contribution in [0, 0.1) is 0 Å². The first kappa shape index (κ1) is 19.3. The van der Waals surface area contributed by atoms with Gasteiger partial charge in [0, 0.05) is 43.2 Å². The predicted molar refractivity (Wildman–Crippen MR) is 116 cm³/mol. The number of rotatable bonds is 5. The van der Waals surface area contributed by atoms with Crippen LogP contribution in [0.1, 0.15) is 18.4 Å². The number of fused-ring (bicyclic) bond motifs is 1. The van der Waals surface area contributed by atoms with E-state index in [1.807, 2.05) is 36.4 Å². The van der Waals surface area contributed by atoms with Crippen molar-refractivity contribution < 1.29 is 9.94 Å². The van der Waals surface area contributed by atoms with Crippen molar-refractivity contribution in [3.8, 4) is 5.75 Å². The van der Waals surface area contributed by atoms with Crippen LogP contribution in [0.2, 0.25) is 5.02 Å². The van der Waals surface area contributed by atoms with Crippen molar-refractivity contribution in [3.05, 3.63) is 53.1 Å². The number of nitrogens with one attached hydrogen (secondary N) is 1. The Hall–Kier alpha value is -3.06. The third-order valence-corrected chi connectivity index (χ3v) is 5.42. The first-order valence-electron chi connectivity index (χ1n) is 9.46. The SMILES string of the molecule is COc1ccc(CNc2nnc(N3CCC(=NO)CC3)c3ccccc23)cc1Cl. The second-order valence-corrected chi connectivity index (χ2v) is 7.30. The second kappa shape index (κ2) is 8.53. The Kier molecular flexibility index (Phi) is 5.67. The maximum absolute atomic E-state index is 8.97. The molecule has 0 radical (unpaired) electrons. The molecule has 1 aromatic heterocycles. The summed E-state index contributed by atoms with van der Waals surface area (Å²) >= 11 is 6.22. The minimum atomic E-state index is 0.571. The molecule has 29 heavy (non-hydrogen) atoms. The van der Waals surface area contributed by atoms with Crippen molar-refractivity contribution >= 4 is 39.7 Å². The zero-order valence-electron chi connectivity index (χ0n) is 16.1. The van der Waals surface area contributed by atoms with Crippen molar-refractivity contribution in [2.75, 3.05) is 30.4 Å². The van der Waals surface area contributed by atoms with Crippen LogP contribution in [0.4, 0.5) is 11.6 Å². The van der Waals surface area contributed by atoms with Crippen LogP contribution in [0.3, 0.4) is 0 Å². The predicted octanol–water partition coefficient (Wildman–Crippen LogP) is 4.33. The Morgan fingerprint density at radius 3 is 2.59 bits per heavy atom. The number of hydrogen-bond acceptors (Lipinski definition) is 7. The van der Waals surface area contributed by atoms with Gasteiger partial charge in [0.25, 0.3) is 0 Å². The van der Waals surface area contributed by atoms with Crippen molar-refractivity contribution in [2.24, 2.45) is 5.16 Å². The molecule has 0 spiro atoms. The van der Waals surface area contributed by atoms with Crippen LogP contribution >= 0.6 is 11.6 Å². The molecule has 1 saturated heterocycles. The Labute approximate surface area is 173 Å². The molecule has 4 rings (SSSR count). The number of nitrogens with zero attached hydrogens (tertiary/aromatic N) is 4. The summed E-state index contributed by atoms with van der Waals surface area (Å²) in [5.74, 6) is 2.24. The molecule has 0 aliphatic carbocycles. The van der Waals surface area contributed by atoms with Gasteiger partial charge in [-0.15, -0.1) is 10.2 Å². The zero-order chi connectivity index (χ0) is 20.2. The van der Waals surface area contributed by atoms with Gasteiger partial charge in [-0.3, -0.25) is 0 Å². The summed E-state index contributed by atoms with van der Waals surface area (Å²) in [6, 6.07) is 13.8. The second-order valence-electron chi connectivity index (χ2n) is 6.89. The molecular formula is C21H22ClN5O2.